The SMILES string of the molecule is C=CCCC(=O)N1CCN(C(=O)CO)CC1. The topological polar surface area (TPSA) is 60.9 Å². The predicted molar refractivity (Wildman–Crippen MR) is 59.7 cm³/mol. The van der Waals surface area contributed by atoms with Crippen molar-refractivity contribution in [1.29, 1.82) is 0 Å². The largest absolute Gasteiger partial charge is 0.387 e. The normalized spacial score (nSPS) is 16.1. The molecule has 0 radical (unpaired) electrons. The third-order valence-electron chi connectivity index (χ3n) is 2.68. The first kappa shape index (κ1) is 12.7. The minimum absolute atomic E-state index is 0.107. The van der Waals surface area contributed by atoms with Crippen LogP contribution in [0.4, 0.5) is 0 Å². The van der Waals surface area contributed by atoms with Gasteiger partial charge in [-0.25, -0.2) is 0 Å². The number of piperazine rings is 1. The third kappa shape index (κ3) is 3.34. The van der Waals surface area contributed by atoms with Crippen LogP contribution in [-0.2, 0) is 9.59 Å². The number of aliphatic hydroxyl groups excluding tert-OH is 1. The number of aliphatic hydroxyl groups is 1. The van der Waals surface area contributed by atoms with Gasteiger partial charge in [-0.15, -0.1) is 6.58 Å². The lowest BCUT2D eigenvalue weighted by atomic mass is 10.2. The number of carbonyl (C=O) groups excluding carboxylic acids is 2. The predicted octanol–water partition coefficient (Wildman–Crippen LogP) is -0.384. The van der Waals surface area contributed by atoms with Gasteiger partial charge in [0.05, 0.1) is 0 Å². The Labute approximate surface area is 95.3 Å². The van der Waals surface area contributed by atoms with Crippen LogP contribution in [0.2, 0.25) is 0 Å². The molecule has 1 heterocycles. The van der Waals surface area contributed by atoms with Crippen molar-refractivity contribution in [2.45, 2.75) is 12.8 Å². The van der Waals surface area contributed by atoms with Crippen LogP contribution < -0.4 is 0 Å². The molecule has 1 aliphatic heterocycles. The highest BCUT2D eigenvalue weighted by atomic mass is 16.3. The number of hydrogen-bond acceptors (Lipinski definition) is 3. The summed E-state index contributed by atoms with van der Waals surface area (Å²) in [5.74, 6) is -0.158. The summed E-state index contributed by atoms with van der Waals surface area (Å²) in [6, 6.07) is 0. The van der Waals surface area contributed by atoms with Crippen molar-refractivity contribution in [3.63, 3.8) is 0 Å². The smallest absolute Gasteiger partial charge is 0.248 e. The Morgan fingerprint density at radius 2 is 1.62 bits per heavy atom. The van der Waals surface area contributed by atoms with E-state index in [1.165, 1.54) is 0 Å². The number of hydrogen-bond donors (Lipinski definition) is 1. The number of rotatable bonds is 4. The van der Waals surface area contributed by atoms with Crippen LogP contribution in [0.15, 0.2) is 12.7 Å². The molecule has 0 saturated carbocycles. The van der Waals surface area contributed by atoms with Gasteiger partial charge in [-0.1, -0.05) is 6.08 Å². The summed E-state index contributed by atoms with van der Waals surface area (Å²) in [6.07, 6.45) is 2.90. The van der Waals surface area contributed by atoms with E-state index in [-0.39, 0.29) is 11.8 Å². The highest BCUT2D eigenvalue weighted by Gasteiger charge is 2.22. The van der Waals surface area contributed by atoms with E-state index >= 15 is 0 Å². The summed E-state index contributed by atoms with van der Waals surface area (Å²) < 4.78 is 0. The Bertz CT molecular complexity index is 270. The maximum atomic E-state index is 11.6. The average molecular weight is 226 g/mol. The second-order valence-corrected chi connectivity index (χ2v) is 3.75. The number of nitrogens with zero attached hydrogens (tertiary/aromatic N) is 2. The lowest BCUT2D eigenvalue weighted by Gasteiger charge is -2.34. The fourth-order valence-corrected chi connectivity index (χ4v) is 1.69. The van der Waals surface area contributed by atoms with E-state index in [9.17, 15) is 9.59 Å². The Morgan fingerprint density at radius 1 is 1.12 bits per heavy atom. The minimum Gasteiger partial charge on any atom is -0.387 e. The zero-order chi connectivity index (χ0) is 12.0. The third-order valence-corrected chi connectivity index (χ3v) is 2.68. The molecule has 1 N–H and O–H groups in total. The van der Waals surface area contributed by atoms with Crippen molar-refractivity contribution in [3.05, 3.63) is 12.7 Å². The molecular weight excluding hydrogens is 208 g/mol. The quantitative estimate of drug-likeness (QED) is 0.664. The molecule has 5 heteroatoms. The number of allylic oxidation sites excluding steroid dienone is 1. The molecule has 0 spiro atoms. The molecule has 90 valence electrons. The van der Waals surface area contributed by atoms with E-state index < -0.39 is 6.61 Å². The van der Waals surface area contributed by atoms with Crippen molar-refractivity contribution < 1.29 is 14.7 Å². The Morgan fingerprint density at radius 3 is 2.06 bits per heavy atom. The number of amides is 2. The second kappa shape index (κ2) is 6.27. The highest BCUT2D eigenvalue weighted by Crippen LogP contribution is 2.05. The lowest BCUT2D eigenvalue weighted by molar-refractivity contribution is -0.141. The van der Waals surface area contributed by atoms with Gasteiger partial charge in [-0.3, -0.25) is 9.59 Å². The standard InChI is InChI=1S/C11H18N2O3/c1-2-3-4-10(15)12-5-7-13(8-6-12)11(16)9-14/h2,14H,1,3-9H2. The molecule has 5 nitrogen and oxygen atoms in total. The van der Waals surface area contributed by atoms with E-state index in [0.29, 0.717) is 39.0 Å². The summed E-state index contributed by atoms with van der Waals surface area (Å²) in [6.45, 7) is 5.26. The molecule has 2 amide bonds. The lowest BCUT2D eigenvalue weighted by Crippen LogP contribution is -2.51. The summed E-state index contributed by atoms with van der Waals surface area (Å²) in [5, 5.41) is 8.70. The van der Waals surface area contributed by atoms with Gasteiger partial charge >= 0.3 is 0 Å². The van der Waals surface area contributed by atoms with Crippen LogP contribution in [-0.4, -0.2) is 59.5 Å². The Balaban J connectivity index is 2.33. The van der Waals surface area contributed by atoms with Crippen LogP contribution in [0.1, 0.15) is 12.8 Å². The summed E-state index contributed by atoms with van der Waals surface area (Å²) >= 11 is 0. The van der Waals surface area contributed by atoms with Gasteiger partial charge in [0.1, 0.15) is 6.61 Å². The highest BCUT2D eigenvalue weighted by molar-refractivity contribution is 5.79. The molecule has 0 atom stereocenters. The van der Waals surface area contributed by atoms with Crippen LogP contribution in [0.5, 0.6) is 0 Å². The van der Waals surface area contributed by atoms with Crippen molar-refractivity contribution in [2.24, 2.45) is 0 Å². The second-order valence-electron chi connectivity index (χ2n) is 3.75. The molecule has 0 bridgehead atoms. The summed E-state index contributed by atoms with van der Waals surface area (Å²) in [4.78, 5) is 26.1. The molecule has 1 fully saturated rings. The van der Waals surface area contributed by atoms with Gasteiger partial charge in [-0.05, 0) is 6.42 Å². The van der Waals surface area contributed by atoms with Gasteiger partial charge in [0.2, 0.25) is 11.8 Å². The van der Waals surface area contributed by atoms with Gasteiger partial charge in [-0.2, -0.15) is 0 Å². The monoisotopic (exact) mass is 226 g/mol. The zero-order valence-corrected chi connectivity index (χ0v) is 9.39. The molecule has 1 aliphatic rings. The fourth-order valence-electron chi connectivity index (χ4n) is 1.69. The van der Waals surface area contributed by atoms with Gasteiger partial charge < -0.3 is 14.9 Å². The van der Waals surface area contributed by atoms with E-state index in [1.54, 1.807) is 15.9 Å². The van der Waals surface area contributed by atoms with Crippen molar-refractivity contribution in [3.8, 4) is 0 Å². The van der Waals surface area contributed by atoms with Crippen molar-refractivity contribution >= 4 is 11.8 Å². The molecule has 16 heavy (non-hydrogen) atoms. The number of carbonyl (C=O) groups is 2. The summed E-state index contributed by atoms with van der Waals surface area (Å²) in [7, 11) is 0. The van der Waals surface area contributed by atoms with Crippen LogP contribution in [0.25, 0.3) is 0 Å². The maximum Gasteiger partial charge on any atom is 0.248 e. The molecule has 1 saturated heterocycles. The van der Waals surface area contributed by atoms with Crippen LogP contribution in [0, 0.1) is 0 Å². The summed E-state index contributed by atoms with van der Waals surface area (Å²) in [5.41, 5.74) is 0. The van der Waals surface area contributed by atoms with Crippen LogP contribution >= 0.6 is 0 Å². The van der Waals surface area contributed by atoms with E-state index in [2.05, 4.69) is 6.58 Å². The Kier molecular flexibility index (Phi) is 4.98. The molecule has 0 aromatic heterocycles. The van der Waals surface area contributed by atoms with Crippen molar-refractivity contribution in [2.75, 3.05) is 32.8 Å². The molecule has 1 rings (SSSR count). The minimum atomic E-state index is -0.454. The Hall–Kier alpha value is -1.36. The van der Waals surface area contributed by atoms with Gasteiger partial charge in [0.25, 0.3) is 0 Å². The first-order chi connectivity index (χ1) is 7.69. The fraction of sp³-hybridized carbons (Fsp3) is 0.636. The van der Waals surface area contributed by atoms with Crippen molar-refractivity contribution in [1.82, 2.24) is 9.80 Å². The molecule has 0 aliphatic carbocycles. The first-order valence-corrected chi connectivity index (χ1v) is 5.46. The maximum absolute atomic E-state index is 11.6. The van der Waals surface area contributed by atoms with Crippen LogP contribution in [0.3, 0.4) is 0 Å². The molecule has 0 aromatic carbocycles. The van der Waals surface area contributed by atoms with Gasteiger partial charge in [0, 0.05) is 32.6 Å². The average Bonchev–Trinajstić information content (AvgIpc) is 2.35. The van der Waals surface area contributed by atoms with E-state index in [0.717, 1.165) is 0 Å². The molecular formula is C11H18N2O3. The zero-order valence-electron chi connectivity index (χ0n) is 9.39. The first-order valence-electron chi connectivity index (χ1n) is 5.46. The van der Waals surface area contributed by atoms with E-state index in [4.69, 9.17) is 5.11 Å². The molecule has 0 unspecified atom stereocenters. The van der Waals surface area contributed by atoms with E-state index in [1.807, 2.05) is 0 Å². The molecule has 0 aromatic rings. The van der Waals surface area contributed by atoms with Gasteiger partial charge in [0.15, 0.2) is 0 Å².